The zero-order valence-electron chi connectivity index (χ0n) is 13.5. The van der Waals surface area contributed by atoms with Crippen LogP contribution in [0.25, 0.3) is 21.8 Å². The van der Waals surface area contributed by atoms with E-state index in [1.165, 1.54) is 63.0 Å². The number of unbranched alkanes of at least 4 members (excludes halogenated alkanes) is 1. The van der Waals surface area contributed by atoms with Crippen molar-refractivity contribution in [3.63, 3.8) is 0 Å². The average Bonchev–Trinajstić information content (AvgIpc) is 2.88. The molecule has 0 aliphatic heterocycles. The maximum Gasteiger partial charge on any atom is 0.0465 e. The predicted octanol–water partition coefficient (Wildman–Crippen LogP) is 6.68. The van der Waals surface area contributed by atoms with E-state index >= 15 is 0 Å². The van der Waals surface area contributed by atoms with E-state index in [0.29, 0.717) is 0 Å². The molecule has 0 aliphatic rings. The fourth-order valence-electron chi connectivity index (χ4n) is 3.32. The van der Waals surface area contributed by atoms with Crippen LogP contribution in [-0.4, -0.2) is 4.98 Å². The third-order valence-electron chi connectivity index (χ3n) is 4.69. The van der Waals surface area contributed by atoms with E-state index < -0.39 is 0 Å². The molecule has 1 heterocycles. The van der Waals surface area contributed by atoms with Crippen molar-refractivity contribution in [3.8, 4) is 0 Å². The molecule has 2 heteroatoms. The summed E-state index contributed by atoms with van der Waals surface area (Å²) in [6, 6.07) is 13.6. The van der Waals surface area contributed by atoms with Gasteiger partial charge in [-0.15, -0.1) is 0 Å². The molecule has 0 saturated carbocycles. The summed E-state index contributed by atoms with van der Waals surface area (Å²) in [7, 11) is 0. The van der Waals surface area contributed by atoms with Crippen LogP contribution in [0.1, 0.15) is 45.1 Å². The summed E-state index contributed by atoms with van der Waals surface area (Å²) in [6.45, 7) is 4.61. The molecule has 1 N–H and O–H groups in total. The van der Waals surface area contributed by atoms with Crippen molar-refractivity contribution in [3.05, 3.63) is 45.5 Å². The quantitative estimate of drug-likeness (QED) is 0.440. The molecule has 22 heavy (non-hydrogen) atoms. The molecule has 0 bridgehead atoms. The number of fused-ring (bicyclic) bond motifs is 3. The summed E-state index contributed by atoms with van der Waals surface area (Å²) in [5, 5.41) is 2.72. The summed E-state index contributed by atoms with van der Waals surface area (Å²) in [5.74, 6) is 0.822. The Bertz CT molecular complexity index is 772. The molecule has 0 spiro atoms. The van der Waals surface area contributed by atoms with Gasteiger partial charge in [-0.1, -0.05) is 45.6 Å². The molecule has 116 valence electrons. The number of rotatable bonds is 6. The van der Waals surface area contributed by atoms with Crippen molar-refractivity contribution < 1.29 is 0 Å². The van der Waals surface area contributed by atoms with Gasteiger partial charge in [0.1, 0.15) is 0 Å². The molecule has 0 saturated heterocycles. The Morgan fingerprint density at radius 1 is 1.00 bits per heavy atom. The molecule has 1 atom stereocenters. The Hall–Kier alpha value is -1.03. The molecule has 0 fully saturated rings. The summed E-state index contributed by atoms with van der Waals surface area (Å²) < 4.78 is 1.30. The highest BCUT2D eigenvalue weighted by molar-refractivity contribution is 14.1. The van der Waals surface area contributed by atoms with Gasteiger partial charge in [0.25, 0.3) is 0 Å². The van der Waals surface area contributed by atoms with Crippen molar-refractivity contribution in [1.82, 2.24) is 4.98 Å². The number of aromatic amines is 1. The van der Waals surface area contributed by atoms with Gasteiger partial charge in [0.05, 0.1) is 0 Å². The zero-order valence-corrected chi connectivity index (χ0v) is 15.6. The highest BCUT2D eigenvalue weighted by Gasteiger charge is 2.10. The van der Waals surface area contributed by atoms with Crippen LogP contribution in [0, 0.1) is 9.49 Å². The topological polar surface area (TPSA) is 15.8 Å². The van der Waals surface area contributed by atoms with E-state index in [9.17, 15) is 0 Å². The van der Waals surface area contributed by atoms with Gasteiger partial charge >= 0.3 is 0 Å². The molecular weight excluding hydrogens is 381 g/mol. The fraction of sp³-hybridized carbons (Fsp3) is 0.400. The van der Waals surface area contributed by atoms with Crippen molar-refractivity contribution in [2.24, 2.45) is 5.92 Å². The predicted molar refractivity (Wildman–Crippen MR) is 106 cm³/mol. The lowest BCUT2D eigenvalue weighted by Gasteiger charge is -2.14. The molecule has 1 unspecified atom stereocenters. The minimum Gasteiger partial charge on any atom is -0.355 e. The molecule has 2 aromatic carbocycles. The molecule has 3 aromatic rings. The van der Waals surface area contributed by atoms with E-state index in [1.54, 1.807) is 0 Å². The van der Waals surface area contributed by atoms with Gasteiger partial charge in [0, 0.05) is 25.4 Å². The van der Waals surface area contributed by atoms with Crippen LogP contribution in [0.2, 0.25) is 0 Å². The molecule has 0 amide bonds. The van der Waals surface area contributed by atoms with Gasteiger partial charge in [0.2, 0.25) is 0 Å². The number of halogens is 1. The van der Waals surface area contributed by atoms with Crippen LogP contribution in [0.3, 0.4) is 0 Å². The lowest BCUT2D eigenvalue weighted by molar-refractivity contribution is 0.449. The van der Waals surface area contributed by atoms with Crippen LogP contribution in [-0.2, 0) is 6.42 Å². The second-order valence-corrected chi connectivity index (χ2v) is 7.56. The number of benzene rings is 2. The van der Waals surface area contributed by atoms with Crippen LogP contribution >= 0.6 is 22.6 Å². The monoisotopic (exact) mass is 405 g/mol. The zero-order chi connectivity index (χ0) is 15.5. The van der Waals surface area contributed by atoms with Gasteiger partial charge in [-0.2, -0.15) is 0 Å². The smallest absolute Gasteiger partial charge is 0.0465 e. The van der Waals surface area contributed by atoms with Crippen molar-refractivity contribution in [2.45, 2.75) is 46.0 Å². The van der Waals surface area contributed by atoms with Gasteiger partial charge in [-0.05, 0) is 70.8 Å². The standard InChI is InChI=1S/C20H24IN/c1-3-5-6-14(4-2)11-15-7-9-19-17(12-15)18-13-16(21)8-10-20(18)22-19/h7-10,12-14,22H,3-6,11H2,1-2H3. The first-order valence-corrected chi connectivity index (χ1v) is 9.49. The van der Waals surface area contributed by atoms with Crippen molar-refractivity contribution >= 4 is 44.4 Å². The van der Waals surface area contributed by atoms with Crippen molar-refractivity contribution in [2.75, 3.05) is 0 Å². The van der Waals surface area contributed by atoms with Gasteiger partial charge in [-0.25, -0.2) is 0 Å². The van der Waals surface area contributed by atoms with Gasteiger partial charge in [0.15, 0.2) is 0 Å². The Kier molecular flexibility index (Phi) is 5.07. The molecule has 0 radical (unpaired) electrons. The molecule has 3 rings (SSSR count). The van der Waals surface area contributed by atoms with E-state index in [2.05, 4.69) is 77.8 Å². The highest BCUT2D eigenvalue weighted by Crippen LogP contribution is 2.29. The Balaban J connectivity index is 1.94. The Labute approximate surface area is 146 Å². The number of hydrogen-bond acceptors (Lipinski definition) is 0. The number of nitrogens with one attached hydrogen (secondary N) is 1. The van der Waals surface area contributed by atoms with E-state index in [0.717, 1.165) is 5.92 Å². The Morgan fingerprint density at radius 3 is 2.45 bits per heavy atom. The minimum atomic E-state index is 0.822. The molecule has 1 nitrogen and oxygen atoms in total. The molecule has 1 aromatic heterocycles. The third kappa shape index (κ3) is 3.32. The second-order valence-electron chi connectivity index (χ2n) is 6.32. The number of H-pyrrole nitrogens is 1. The fourth-order valence-corrected chi connectivity index (χ4v) is 3.81. The lowest BCUT2D eigenvalue weighted by atomic mass is 9.91. The number of aromatic nitrogens is 1. The summed E-state index contributed by atoms with van der Waals surface area (Å²) in [6.07, 6.45) is 6.51. The van der Waals surface area contributed by atoms with E-state index in [4.69, 9.17) is 0 Å². The van der Waals surface area contributed by atoms with Crippen molar-refractivity contribution in [1.29, 1.82) is 0 Å². The lowest BCUT2D eigenvalue weighted by Crippen LogP contribution is -2.03. The largest absolute Gasteiger partial charge is 0.355 e. The first-order chi connectivity index (χ1) is 10.7. The first kappa shape index (κ1) is 15.9. The summed E-state index contributed by atoms with van der Waals surface area (Å²) in [5.41, 5.74) is 3.98. The number of hydrogen-bond donors (Lipinski definition) is 1. The third-order valence-corrected chi connectivity index (χ3v) is 5.36. The van der Waals surface area contributed by atoms with Crippen LogP contribution in [0.5, 0.6) is 0 Å². The second kappa shape index (κ2) is 7.03. The molecule has 0 aliphatic carbocycles. The van der Waals surface area contributed by atoms with Crippen LogP contribution in [0.15, 0.2) is 36.4 Å². The molecular formula is C20H24IN. The maximum atomic E-state index is 3.53. The maximum absolute atomic E-state index is 3.53. The minimum absolute atomic E-state index is 0.822. The van der Waals surface area contributed by atoms with Gasteiger partial charge in [-0.3, -0.25) is 0 Å². The van der Waals surface area contributed by atoms with E-state index in [-0.39, 0.29) is 0 Å². The SMILES string of the molecule is CCCCC(CC)Cc1ccc2[nH]c3ccc(I)cc3c2c1. The van der Waals surface area contributed by atoms with Gasteiger partial charge < -0.3 is 4.98 Å². The first-order valence-electron chi connectivity index (χ1n) is 8.41. The van der Waals surface area contributed by atoms with E-state index in [1.807, 2.05) is 0 Å². The summed E-state index contributed by atoms with van der Waals surface area (Å²) >= 11 is 2.39. The average molecular weight is 405 g/mol. The Morgan fingerprint density at radius 2 is 1.73 bits per heavy atom. The normalized spacial score (nSPS) is 13.0. The highest BCUT2D eigenvalue weighted by atomic mass is 127. The van der Waals surface area contributed by atoms with Crippen LogP contribution < -0.4 is 0 Å². The summed E-state index contributed by atoms with van der Waals surface area (Å²) in [4.78, 5) is 3.53. The van der Waals surface area contributed by atoms with Crippen LogP contribution in [0.4, 0.5) is 0 Å².